The van der Waals surface area contributed by atoms with Gasteiger partial charge >= 0.3 is 0 Å². The van der Waals surface area contributed by atoms with Gasteiger partial charge in [-0.25, -0.2) is 0 Å². The molecule has 0 aliphatic heterocycles. The maximum absolute atomic E-state index is 11.7. The van der Waals surface area contributed by atoms with E-state index in [1.165, 1.54) is 24.3 Å². The molecule has 0 saturated carbocycles. The molecule has 0 spiro atoms. The summed E-state index contributed by atoms with van der Waals surface area (Å²) in [5.41, 5.74) is 5.76. The zero-order valence-corrected chi connectivity index (χ0v) is 17.6. The standard InChI is InChI=1S/C16H13N3O9S3/c17-14-6-5-12-13(7-11(30(23,24)25)8-15(12)31(26,27)28)16(14)19-18-9-1-3-10(4-2-9)29(20,21)22/h1-8H,17H2,(H,20,21,22)(H,23,24,25)(H,26,27,28). The fraction of sp³-hybridized carbons (Fsp3) is 0. The minimum absolute atomic E-state index is 0.0421. The fourth-order valence-corrected chi connectivity index (χ4v) is 4.46. The van der Waals surface area contributed by atoms with Gasteiger partial charge in [0.1, 0.15) is 10.6 Å². The number of nitrogen functional groups attached to an aromatic ring is 1. The maximum Gasteiger partial charge on any atom is 0.295 e. The molecule has 0 radical (unpaired) electrons. The molecule has 3 rings (SSSR count). The highest BCUT2D eigenvalue weighted by Crippen LogP contribution is 2.38. The van der Waals surface area contributed by atoms with Gasteiger partial charge in [-0.3, -0.25) is 13.7 Å². The Balaban J connectivity index is 2.25. The van der Waals surface area contributed by atoms with Crippen LogP contribution in [0.1, 0.15) is 0 Å². The second kappa shape index (κ2) is 7.63. The van der Waals surface area contributed by atoms with E-state index in [1.807, 2.05) is 0 Å². The van der Waals surface area contributed by atoms with Crippen molar-refractivity contribution in [3.05, 3.63) is 48.5 Å². The van der Waals surface area contributed by atoms with Crippen LogP contribution >= 0.6 is 0 Å². The molecule has 0 atom stereocenters. The molecule has 31 heavy (non-hydrogen) atoms. The van der Waals surface area contributed by atoms with Gasteiger partial charge in [-0.15, -0.1) is 5.11 Å². The summed E-state index contributed by atoms with van der Waals surface area (Å²) in [6, 6.07) is 8.49. The summed E-state index contributed by atoms with van der Waals surface area (Å²) >= 11 is 0. The number of hydrogen-bond acceptors (Lipinski definition) is 9. The number of hydrogen-bond donors (Lipinski definition) is 4. The molecule has 5 N–H and O–H groups in total. The van der Waals surface area contributed by atoms with Crippen LogP contribution in [0.3, 0.4) is 0 Å². The van der Waals surface area contributed by atoms with Crippen LogP contribution in [0.25, 0.3) is 10.8 Å². The Morgan fingerprint density at radius 3 is 1.74 bits per heavy atom. The normalized spacial score (nSPS) is 13.1. The van der Waals surface area contributed by atoms with Gasteiger partial charge in [0.2, 0.25) is 0 Å². The first-order chi connectivity index (χ1) is 14.2. The van der Waals surface area contributed by atoms with Crippen LogP contribution < -0.4 is 5.73 Å². The number of azo groups is 1. The molecule has 0 aliphatic carbocycles. The summed E-state index contributed by atoms with van der Waals surface area (Å²) in [7, 11) is -14.2. The quantitative estimate of drug-likeness (QED) is 0.234. The van der Waals surface area contributed by atoms with Gasteiger partial charge in [-0.1, -0.05) is 6.07 Å². The number of nitrogens with zero attached hydrogens (tertiary/aromatic N) is 2. The van der Waals surface area contributed by atoms with Crippen molar-refractivity contribution in [2.75, 3.05) is 5.73 Å². The van der Waals surface area contributed by atoms with Crippen LogP contribution in [0.15, 0.2) is 73.4 Å². The molecule has 3 aromatic carbocycles. The minimum Gasteiger partial charge on any atom is -0.397 e. The van der Waals surface area contributed by atoms with Crippen LogP contribution in [-0.4, -0.2) is 38.9 Å². The van der Waals surface area contributed by atoms with Crippen LogP contribution in [-0.2, 0) is 30.4 Å². The Bertz CT molecular complexity index is 1550. The third kappa shape index (κ3) is 4.87. The van der Waals surface area contributed by atoms with Gasteiger partial charge < -0.3 is 5.73 Å². The van der Waals surface area contributed by atoms with Gasteiger partial charge in [0, 0.05) is 10.8 Å². The SMILES string of the molecule is Nc1ccc2c(S(=O)(=O)O)cc(S(=O)(=O)O)cc2c1N=Nc1ccc(S(=O)(=O)O)cc1. The highest BCUT2D eigenvalue weighted by atomic mass is 32.2. The summed E-state index contributed by atoms with van der Waals surface area (Å²) in [5.74, 6) is 0. The van der Waals surface area contributed by atoms with Gasteiger partial charge in [-0.05, 0) is 42.5 Å². The number of nitrogens with two attached hydrogens (primary N) is 1. The highest BCUT2D eigenvalue weighted by molar-refractivity contribution is 7.87. The van der Waals surface area contributed by atoms with E-state index >= 15 is 0 Å². The molecule has 12 nitrogen and oxygen atoms in total. The number of benzene rings is 3. The molecule has 164 valence electrons. The van der Waals surface area contributed by atoms with E-state index < -0.39 is 40.1 Å². The van der Waals surface area contributed by atoms with Crippen molar-refractivity contribution >= 4 is 58.2 Å². The van der Waals surface area contributed by atoms with E-state index in [0.717, 1.165) is 18.2 Å². The molecule has 0 bridgehead atoms. The summed E-state index contributed by atoms with van der Waals surface area (Å²) in [4.78, 5) is -2.01. The Morgan fingerprint density at radius 1 is 0.645 bits per heavy atom. The predicted octanol–water partition coefficient (Wildman–Crippen LogP) is 2.58. The first-order valence-electron chi connectivity index (χ1n) is 7.98. The van der Waals surface area contributed by atoms with Crippen LogP contribution in [0.5, 0.6) is 0 Å². The maximum atomic E-state index is 11.7. The average molecular weight is 487 g/mol. The Hall–Kier alpha value is -2.95. The lowest BCUT2D eigenvalue weighted by Gasteiger charge is -2.10. The summed E-state index contributed by atoms with van der Waals surface area (Å²) < 4.78 is 96.6. The summed E-state index contributed by atoms with van der Waals surface area (Å²) in [6.07, 6.45) is 0. The molecule has 0 aromatic heterocycles. The number of anilines is 1. The first kappa shape index (κ1) is 22.7. The molecule has 0 aliphatic rings. The van der Waals surface area contributed by atoms with E-state index in [0.29, 0.717) is 6.07 Å². The molecule has 3 aromatic rings. The van der Waals surface area contributed by atoms with Crippen molar-refractivity contribution < 1.29 is 38.9 Å². The van der Waals surface area contributed by atoms with Crippen molar-refractivity contribution in [3.8, 4) is 0 Å². The lowest BCUT2D eigenvalue weighted by Crippen LogP contribution is -2.04. The van der Waals surface area contributed by atoms with Crippen molar-refractivity contribution in [2.45, 2.75) is 14.7 Å². The third-order valence-corrected chi connectivity index (χ3v) is 6.64. The summed E-state index contributed by atoms with van der Waals surface area (Å²) in [6.45, 7) is 0. The molecule has 15 heteroatoms. The monoisotopic (exact) mass is 487 g/mol. The van der Waals surface area contributed by atoms with E-state index in [2.05, 4.69) is 10.2 Å². The van der Waals surface area contributed by atoms with Gasteiger partial charge in [0.05, 0.1) is 21.2 Å². The zero-order valence-electron chi connectivity index (χ0n) is 15.1. The van der Waals surface area contributed by atoms with Crippen LogP contribution in [0.4, 0.5) is 17.1 Å². The Kier molecular flexibility index (Phi) is 5.59. The molecule has 0 heterocycles. The lowest BCUT2D eigenvalue weighted by atomic mass is 10.1. The third-order valence-electron chi connectivity index (χ3n) is 4.05. The molecule has 0 amide bonds. The number of rotatable bonds is 5. The largest absolute Gasteiger partial charge is 0.397 e. The lowest BCUT2D eigenvalue weighted by molar-refractivity contribution is 0.479. The van der Waals surface area contributed by atoms with Gasteiger partial charge in [0.25, 0.3) is 30.4 Å². The van der Waals surface area contributed by atoms with Gasteiger partial charge in [-0.2, -0.15) is 30.4 Å². The molecule has 0 fully saturated rings. The molecule has 0 saturated heterocycles. The van der Waals surface area contributed by atoms with E-state index in [1.54, 1.807) is 0 Å². The molecule has 0 unspecified atom stereocenters. The van der Waals surface area contributed by atoms with Crippen LogP contribution in [0, 0.1) is 0 Å². The zero-order chi connectivity index (χ0) is 23.2. The van der Waals surface area contributed by atoms with Crippen molar-refractivity contribution in [3.63, 3.8) is 0 Å². The smallest absolute Gasteiger partial charge is 0.295 e. The van der Waals surface area contributed by atoms with E-state index in [-0.39, 0.29) is 32.7 Å². The van der Waals surface area contributed by atoms with Gasteiger partial charge in [0.15, 0.2) is 0 Å². The Labute approximate surface area is 176 Å². The summed E-state index contributed by atoms with van der Waals surface area (Å²) in [5, 5.41) is 7.43. The predicted molar refractivity (Wildman–Crippen MR) is 108 cm³/mol. The van der Waals surface area contributed by atoms with Crippen LogP contribution in [0.2, 0.25) is 0 Å². The van der Waals surface area contributed by atoms with Crippen molar-refractivity contribution in [1.82, 2.24) is 0 Å². The van der Waals surface area contributed by atoms with E-state index in [4.69, 9.17) is 10.3 Å². The second-order valence-electron chi connectivity index (χ2n) is 6.14. The molecular formula is C16H13N3O9S3. The number of fused-ring (bicyclic) bond motifs is 1. The van der Waals surface area contributed by atoms with Crippen molar-refractivity contribution in [1.29, 1.82) is 0 Å². The second-order valence-corrected chi connectivity index (χ2v) is 10.4. The van der Waals surface area contributed by atoms with Crippen molar-refractivity contribution in [2.24, 2.45) is 10.2 Å². The minimum atomic E-state index is -4.90. The van der Waals surface area contributed by atoms with E-state index in [9.17, 15) is 34.4 Å². The fourth-order valence-electron chi connectivity index (χ4n) is 2.64. The first-order valence-corrected chi connectivity index (χ1v) is 12.3. The average Bonchev–Trinajstić information content (AvgIpc) is 2.64. The highest BCUT2D eigenvalue weighted by Gasteiger charge is 2.22. The Morgan fingerprint density at radius 2 is 1.23 bits per heavy atom. The molecular weight excluding hydrogens is 474 g/mol. The topological polar surface area (TPSA) is 214 Å².